The molecule has 0 spiro atoms. The number of fused-ring (bicyclic) bond motifs is 24. The molecule has 0 atom stereocenters. The quantitative estimate of drug-likeness (QED) is 0.151. The Morgan fingerprint density at radius 3 is 0.857 bits per heavy atom. The van der Waals surface area contributed by atoms with Gasteiger partial charge in [0.05, 0.1) is 0 Å². The first-order chi connectivity index (χ1) is 41.5. The Kier molecular flexibility index (Phi) is 10.6. The number of nitrogens with zero attached hydrogens (tertiary/aromatic N) is 6. The van der Waals surface area contributed by atoms with Crippen molar-refractivity contribution in [3.05, 3.63) is 243 Å². The minimum atomic E-state index is 0.420. The van der Waals surface area contributed by atoms with E-state index < -0.39 is 0 Å². The first-order valence-electron chi connectivity index (χ1n) is 27.6. The molecule has 12 heteroatoms. The third-order valence-corrected chi connectivity index (χ3v) is 15.6. The number of benzene rings is 12. The number of rotatable bonds is 8. The smallest absolute Gasteiger partial charge is 0.164 e. The molecule has 8 bridgehead atoms. The summed E-state index contributed by atoms with van der Waals surface area (Å²) in [6, 6.07) is 80.7. The molecule has 3 aromatic heterocycles. The number of aromatic nitrogens is 8. The highest BCUT2D eigenvalue weighted by Crippen LogP contribution is 2.43. The standard InChI is InChI=1S/C72H42N8O4/c1-5-21-49-41(13-1)17-9-25-61(49)81-45-29-33-53-57(37-45)69-73-65(53)78-70-59-39-47(83-63-27-11-19-43-15-3-7-23-51(43)63)31-35-55(59)67(75-70)80-72-60-40-48(84-64-28-12-20-44-16-4-8-24-52(44)64)32-36-56(60)68(76-72)79-71-58-38-46(30-34-54(58)66(74-71)77-69)82-62-26-10-18-42-14-2-6-22-50(42)62/h1-40H,(H2,73,74,75,76,77,78,79,80). The number of H-pyrrole nitrogens is 2. The molecule has 0 unspecified atom stereocenters. The number of aromatic amines is 2. The Hall–Kier alpha value is -11.8. The Labute approximate surface area is 477 Å². The highest BCUT2D eigenvalue weighted by atomic mass is 16.5. The van der Waals surface area contributed by atoms with Gasteiger partial charge >= 0.3 is 0 Å². The topological polar surface area (TPSA) is 146 Å². The van der Waals surface area contributed by atoms with Crippen LogP contribution < -0.4 is 18.9 Å². The van der Waals surface area contributed by atoms with Crippen LogP contribution in [0.2, 0.25) is 0 Å². The van der Waals surface area contributed by atoms with Crippen molar-refractivity contribution in [3.63, 3.8) is 0 Å². The zero-order valence-electron chi connectivity index (χ0n) is 44.4. The van der Waals surface area contributed by atoms with Crippen molar-refractivity contribution in [1.29, 1.82) is 0 Å². The van der Waals surface area contributed by atoms with Crippen molar-refractivity contribution in [2.24, 2.45) is 0 Å². The van der Waals surface area contributed by atoms with E-state index in [1.165, 1.54) is 0 Å². The number of nitrogens with one attached hydrogen (secondary N) is 2. The van der Waals surface area contributed by atoms with E-state index in [2.05, 4.69) is 82.8 Å². The lowest BCUT2D eigenvalue weighted by atomic mass is 10.1. The molecule has 0 saturated carbocycles. The lowest BCUT2D eigenvalue weighted by molar-refractivity contribution is 0.488. The maximum Gasteiger partial charge on any atom is 0.164 e. The SMILES string of the molecule is c1ccc2c(Oc3ccc4c(c3)-c3nc-4nc4[nH]c(nc5nc(nc6[nH]c(n3)c3ccc(Oc7cccc8ccccc78)cc63)-c3ccc(Oc6cccc7ccccc67)cc3-5)c3ccc(Oc5cccc6ccccc56)cc43)cccc2c1. The van der Waals surface area contributed by atoms with Gasteiger partial charge in [-0.1, -0.05) is 146 Å². The summed E-state index contributed by atoms with van der Waals surface area (Å²) in [5.41, 5.74) is 5.02. The molecular weight excluding hydrogens is 1040 g/mol. The monoisotopic (exact) mass is 1080 g/mol. The average molecular weight is 1080 g/mol. The summed E-state index contributed by atoms with van der Waals surface area (Å²) in [7, 11) is 0. The molecule has 12 nitrogen and oxygen atoms in total. The Morgan fingerprint density at radius 2 is 0.500 bits per heavy atom. The fourth-order valence-corrected chi connectivity index (χ4v) is 11.6. The summed E-state index contributed by atoms with van der Waals surface area (Å²) in [5, 5.41) is 11.3. The summed E-state index contributed by atoms with van der Waals surface area (Å²) in [5.74, 6) is 7.07. The number of hydrogen-bond acceptors (Lipinski definition) is 10. The van der Waals surface area contributed by atoms with Crippen LogP contribution in [-0.2, 0) is 0 Å². The normalized spacial score (nSPS) is 11.8. The number of ether oxygens (including phenoxy) is 4. The second-order valence-corrected chi connectivity index (χ2v) is 20.8. The van der Waals surface area contributed by atoms with Crippen LogP contribution in [0.4, 0.5) is 0 Å². The lowest BCUT2D eigenvalue weighted by Crippen LogP contribution is -1.88. The van der Waals surface area contributed by atoms with Crippen LogP contribution in [0.25, 0.3) is 133 Å². The molecule has 0 amide bonds. The molecule has 15 aromatic rings. The van der Waals surface area contributed by atoms with Crippen molar-refractivity contribution in [2.75, 3.05) is 0 Å². The summed E-state index contributed by atoms with van der Waals surface area (Å²) in [4.78, 5) is 39.3. The summed E-state index contributed by atoms with van der Waals surface area (Å²) >= 11 is 0. The Balaban J connectivity index is 0.905. The van der Waals surface area contributed by atoms with E-state index >= 15 is 0 Å². The molecule has 0 aliphatic carbocycles. The van der Waals surface area contributed by atoms with Crippen molar-refractivity contribution in [3.8, 4) is 91.5 Å². The maximum atomic E-state index is 6.72. The molecule has 12 aromatic carbocycles. The van der Waals surface area contributed by atoms with Gasteiger partial charge in [-0.3, -0.25) is 0 Å². The Morgan fingerprint density at radius 1 is 0.214 bits per heavy atom. The maximum absolute atomic E-state index is 6.72. The lowest BCUT2D eigenvalue weighted by Gasteiger charge is -2.10. The van der Waals surface area contributed by atoms with E-state index in [9.17, 15) is 0 Å². The fraction of sp³-hybridized carbons (Fsp3) is 0. The van der Waals surface area contributed by atoms with E-state index in [-0.39, 0.29) is 0 Å². The minimum absolute atomic E-state index is 0.420. The van der Waals surface area contributed by atoms with Gasteiger partial charge in [-0.25, -0.2) is 29.9 Å². The zero-order valence-corrected chi connectivity index (χ0v) is 44.4. The predicted molar refractivity (Wildman–Crippen MR) is 332 cm³/mol. The van der Waals surface area contributed by atoms with E-state index in [4.69, 9.17) is 48.9 Å². The largest absolute Gasteiger partial charge is 0.457 e. The van der Waals surface area contributed by atoms with Crippen LogP contribution in [0, 0.1) is 0 Å². The van der Waals surface area contributed by atoms with Gasteiger partial charge in [0.15, 0.2) is 23.3 Å². The van der Waals surface area contributed by atoms with Gasteiger partial charge in [0.2, 0.25) is 0 Å². The molecule has 0 radical (unpaired) electrons. The first-order valence-corrected chi connectivity index (χ1v) is 27.6. The third-order valence-electron chi connectivity index (χ3n) is 15.6. The van der Waals surface area contributed by atoms with E-state index in [0.717, 1.165) is 110 Å². The van der Waals surface area contributed by atoms with Crippen LogP contribution in [0.3, 0.4) is 0 Å². The van der Waals surface area contributed by atoms with Gasteiger partial charge in [0, 0.05) is 65.3 Å². The molecule has 2 aliphatic rings. The van der Waals surface area contributed by atoms with Gasteiger partial charge in [0.1, 0.15) is 68.6 Å². The summed E-state index contributed by atoms with van der Waals surface area (Å²) in [6.45, 7) is 0. The molecule has 17 rings (SSSR count). The van der Waals surface area contributed by atoms with E-state index in [1.807, 2.05) is 170 Å². The van der Waals surface area contributed by atoms with Gasteiger partial charge in [-0.2, -0.15) is 0 Å². The van der Waals surface area contributed by atoms with Crippen LogP contribution in [-0.4, -0.2) is 39.9 Å². The van der Waals surface area contributed by atoms with Crippen molar-refractivity contribution < 1.29 is 18.9 Å². The molecule has 394 valence electrons. The molecule has 2 aliphatic heterocycles. The molecule has 84 heavy (non-hydrogen) atoms. The second-order valence-electron chi connectivity index (χ2n) is 20.8. The van der Waals surface area contributed by atoms with Gasteiger partial charge < -0.3 is 28.9 Å². The average Bonchev–Trinajstić information content (AvgIpc) is 2.67. The van der Waals surface area contributed by atoms with Crippen LogP contribution in [0.15, 0.2) is 243 Å². The van der Waals surface area contributed by atoms with Crippen LogP contribution >= 0.6 is 0 Å². The second kappa shape index (κ2) is 18.9. The first kappa shape index (κ1) is 47.1. The van der Waals surface area contributed by atoms with Crippen molar-refractivity contribution in [1.82, 2.24) is 39.9 Å². The Bertz CT molecular complexity index is 5090. The van der Waals surface area contributed by atoms with Crippen LogP contribution in [0.5, 0.6) is 46.0 Å². The molecule has 0 fully saturated rings. The zero-order chi connectivity index (χ0) is 55.2. The summed E-state index contributed by atoms with van der Waals surface area (Å²) in [6.07, 6.45) is 0. The van der Waals surface area contributed by atoms with Crippen molar-refractivity contribution >= 4 is 87.2 Å². The highest BCUT2D eigenvalue weighted by Gasteiger charge is 2.25. The predicted octanol–water partition coefficient (Wildman–Crippen LogP) is 18.7. The molecular formula is C72H42N8O4. The van der Waals surface area contributed by atoms with Gasteiger partial charge in [-0.05, 0) is 119 Å². The van der Waals surface area contributed by atoms with Crippen LogP contribution in [0.1, 0.15) is 0 Å². The highest BCUT2D eigenvalue weighted by molar-refractivity contribution is 6.07. The van der Waals surface area contributed by atoms with Crippen molar-refractivity contribution in [2.45, 2.75) is 0 Å². The van der Waals surface area contributed by atoms with E-state index in [0.29, 0.717) is 68.9 Å². The molecule has 0 saturated heterocycles. The van der Waals surface area contributed by atoms with Gasteiger partial charge in [0.25, 0.3) is 0 Å². The molecule has 2 N–H and O–H groups in total. The molecule has 5 heterocycles. The third kappa shape index (κ3) is 8.07. The fourth-order valence-electron chi connectivity index (χ4n) is 11.6. The van der Waals surface area contributed by atoms with E-state index in [1.54, 1.807) is 0 Å². The minimum Gasteiger partial charge on any atom is -0.457 e. The van der Waals surface area contributed by atoms with Gasteiger partial charge in [-0.15, -0.1) is 0 Å². The number of hydrogen-bond donors (Lipinski definition) is 2. The summed E-state index contributed by atoms with van der Waals surface area (Å²) < 4.78 is 26.9.